The van der Waals surface area contributed by atoms with Gasteiger partial charge < -0.3 is 10.0 Å². The van der Waals surface area contributed by atoms with Crippen molar-refractivity contribution in [1.29, 1.82) is 0 Å². The maximum absolute atomic E-state index is 8.95. The Bertz CT molecular complexity index is 415. The van der Waals surface area contributed by atoms with Crippen molar-refractivity contribution in [1.82, 2.24) is 4.90 Å². The summed E-state index contributed by atoms with van der Waals surface area (Å²) in [6.45, 7) is 9.29. The SMILES string of the molecule is CC(C)c1ccc(N2CCN(CCO)CC2)c(Cl)c1. The van der Waals surface area contributed by atoms with E-state index in [9.17, 15) is 0 Å². The molecule has 1 aromatic carbocycles. The van der Waals surface area contributed by atoms with E-state index in [0.717, 1.165) is 43.4 Å². The topological polar surface area (TPSA) is 26.7 Å². The van der Waals surface area contributed by atoms with Gasteiger partial charge in [0, 0.05) is 32.7 Å². The number of aliphatic hydroxyl groups is 1. The summed E-state index contributed by atoms with van der Waals surface area (Å²) < 4.78 is 0. The van der Waals surface area contributed by atoms with Crippen molar-refractivity contribution in [2.45, 2.75) is 19.8 Å². The average molecular weight is 283 g/mol. The van der Waals surface area contributed by atoms with Gasteiger partial charge in [-0.15, -0.1) is 0 Å². The van der Waals surface area contributed by atoms with Gasteiger partial charge in [0.2, 0.25) is 0 Å². The number of hydrogen-bond acceptors (Lipinski definition) is 3. The number of halogens is 1. The highest BCUT2D eigenvalue weighted by Crippen LogP contribution is 2.30. The normalized spacial score (nSPS) is 17.2. The fourth-order valence-corrected chi connectivity index (χ4v) is 2.80. The maximum atomic E-state index is 8.95. The van der Waals surface area contributed by atoms with Crippen molar-refractivity contribution in [3.63, 3.8) is 0 Å². The van der Waals surface area contributed by atoms with Crippen molar-refractivity contribution in [3.05, 3.63) is 28.8 Å². The summed E-state index contributed by atoms with van der Waals surface area (Å²) in [5.74, 6) is 0.507. The summed E-state index contributed by atoms with van der Waals surface area (Å²) in [7, 11) is 0. The van der Waals surface area contributed by atoms with E-state index in [-0.39, 0.29) is 6.61 Å². The summed E-state index contributed by atoms with van der Waals surface area (Å²) in [4.78, 5) is 4.62. The van der Waals surface area contributed by atoms with Crippen molar-refractivity contribution < 1.29 is 5.11 Å². The quantitative estimate of drug-likeness (QED) is 0.919. The lowest BCUT2D eigenvalue weighted by molar-refractivity contribution is 0.189. The highest BCUT2D eigenvalue weighted by Gasteiger charge is 2.18. The third-order valence-corrected chi connectivity index (χ3v) is 4.07. The highest BCUT2D eigenvalue weighted by molar-refractivity contribution is 6.33. The minimum Gasteiger partial charge on any atom is -0.395 e. The predicted molar refractivity (Wildman–Crippen MR) is 81.3 cm³/mol. The first-order valence-electron chi connectivity index (χ1n) is 6.99. The molecule has 19 heavy (non-hydrogen) atoms. The van der Waals surface area contributed by atoms with Crippen LogP contribution in [-0.4, -0.2) is 49.3 Å². The molecule has 0 aromatic heterocycles. The number of hydrogen-bond donors (Lipinski definition) is 1. The Morgan fingerprint density at radius 3 is 2.42 bits per heavy atom. The van der Waals surface area contributed by atoms with Gasteiger partial charge in [0.25, 0.3) is 0 Å². The van der Waals surface area contributed by atoms with Crippen LogP contribution in [0.1, 0.15) is 25.3 Å². The van der Waals surface area contributed by atoms with Crippen LogP contribution in [0.25, 0.3) is 0 Å². The van der Waals surface area contributed by atoms with Crippen LogP contribution < -0.4 is 4.90 Å². The molecule has 4 heteroatoms. The number of benzene rings is 1. The Hall–Kier alpha value is -0.770. The summed E-state index contributed by atoms with van der Waals surface area (Å²) in [5.41, 5.74) is 2.42. The van der Waals surface area contributed by atoms with Crippen LogP contribution in [0.15, 0.2) is 18.2 Å². The molecule has 0 spiro atoms. The zero-order valence-electron chi connectivity index (χ0n) is 11.8. The molecule has 0 saturated carbocycles. The molecule has 1 aliphatic heterocycles. The summed E-state index contributed by atoms with van der Waals surface area (Å²) in [5, 5.41) is 9.80. The van der Waals surface area contributed by atoms with Gasteiger partial charge in [-0.3, -0.25) is 4.90 Å². The third-order valence-electron chi connectivity index (χ3n) is 3.77. The van der Waals surface area contributed by atoms with E-state index >= 15 is 0 Å². The minimum atomic E-state index is 0.240. The zero-order valence-corrected chi connectivity index (χ0v) is 12.5. The average Bonchev–Trinajstić information content (AvgIpc) is 2.40. The molecule has 1 saturated heterocycles. The van der Waals surface area contributed by atoms with Crippen LogP contribution in [-0.2, 0) is 0 Å². The fraction of sp³-hybridized carbons (Fsp3) is 0.600. The molecule has 0 aliphatic carbocycles. The number of nitrogens with zero attached hydrogens (tertiary/aromatic N) is 2. The lowest BCUT2D eigenvalue weighted by Gasteiger charge is -2.36. The van der Waals surface area contributed by atoms with E-state index in [1.165, 1.54) is 5.56 Å². The van der Waals surface area contributed by atoms with E-state index in [1.807, 2.05) is 0 Å². The molecule has 1 N–H and O–H groups in total. The first-order chi connectivity index (χ1) is 9.11. The Kier molecular flexibility index (Phi) is 5.08. The van der Waals surface area contributed by atoms with Crippen LogP contribution in [0, 0.1) is 0 Å². The molecule has 2 rings (SSSR count). The van der Waals surface area contributed by atoms with Gasteiger partial charge in [-0.25, -0.2) is 0 Å². The highest BCUT2D eigenvalue weighted by atomic mass is 35.5. The number of aliphatic hydroxyl groups excluding tert-OH is 1. The molecular weight excluding hydrogens is 260 g/mol. The minimum absolute atomic E-state index is 0.240. The van der Waals surface area contributed by atoms with Crippen LogP contribution in [0.4, 0.5) is 5.69 Å². The van der Waals surface area contributed by atoms with Crippen LogP contribution in [0.2, 0.25) is 5.02 Å². The Labute approximate surface area is 120 Å². The van der Waals surface area contributed by atoms with Crippen LogP contribution in [0.3, 0.4) is 0 Å². The fourth-order valence-electron chi connectivity index (χ4n) is 2.49. The second-order valence-electron chi connectivity index (χ2n) is 5.42. The van der Waals surface area contributed by atoms with Crippen molar-refractivity contribution in [2.75, 3.05) is 44.2 Å². The molecule has 0 atom stereocenters. The lowest BCUT2D eigenvalue weighted by Crippen LogP contribution is -2.47. The zero-order chi connectivity index (χ0) is 13.8. The molecule has 1 aliphatic rings. The molecule has 0 radical (unpaired) electrons. The van der Waals surface area contributed by atoms with Crippen LogP contribution >= 0.6 is 11.6 Å². The lowest BCUT2D eigenvalue weighted by atomic mass is 10.0. The summed E-state index contributed by atoms with van der Waals surface area (Å²) in [6, 6.07) is 6.40. The first kappa shape index (κ1) is 14.6. The van der Waals surface area contributed by atoms with Gasteiger partial charge in [0.05, 0.1) is 17.3 Å². The third kappa shape index (κ3) is 3.62. The molecule has 0 amide bonds. The smallest absolute Gasteiger partial charge is 0.0642 e. The molecule has 1 fully saturated rings. The number of anilines is 1. The number of rotatable bonds is 4. The van der Waals surface area contributed by atoms with Crippen LogP contribution in [0.5, 0.6) is 0 Å². The van der Waals surface area contributed by atoms with Gasteiger partial charge in [-0.1, -0.05) is 31.5 Å². The standard InChI is InChI=1S/C15H23ClN2O/c1-12(2)13-3-4-15(14(16)11-13)18-7-5-17(6-8-18)9-10-19/h3-4,11-12,19H,5-10H2,1-2H3. The monoisotopic (exact) mass is 282 g/mol. The largest absolute Gasteiger partial charge is 0.395 e. The Morgan fingerprint density at radius 1 is 1.21 bits per heavy atom. The van der Waals surface area contributed by atoms with E-state index in [4.69, 9.17) is 16.7 Å². The van der Waals surface area contributed by atoms with E-state index < -0.39 is 0 Å². The maximum Gasteiger partial charge on any atom is 0.0642 e. The number of piperazine rings is 1. The van der Waals surface area contributed by atoms with Crippen molar-refractivity contribution >= 4 is 17.3 Å². The Balaban J connectivity index is 2.03. The summed E-state index contributed by atoms with van der Waals surface area (Å²) >= 11 is 6.41. The molecule has 106 valence electrons. The van der Waals surface area contributed by atoms with E-state index in [1.54, 1.807) is 0 Å². The second kappa shape index (κ2) is 6.60. The molecule has 3 nitrogen and oxygen atoms in total. The van der Waals surface area contributed by atoms with E-state index in [2.05, 4.69) is 41.8 Å². The molecule has 0 bridgehead atoms. The van der Waals surface area contributed by atoms with Crippen molar-refractivity contribution in [3.8, 4) is 0 Å². The van der Waals surface area contributed by atoms with E-state index in [0.29, 0.717) is 5.92 Å². The van der Waals surface area contributed by atoms with Gasteiger partial charge in [-0.05, 0) is 23.6 Å². The molecule has 1 heterocycles. The summed E-state index contributed by atoms with van der Waals surface area (Å²) in [6.07, 6.45) is 0. The van der Waals surface area contributed by atoms with Crippen molar-refractivity contribution in [2.24, 2.45) is 0 Å². The second-order valence-corrected chi connectivity index (χ2v) is 5.83. The van der Waals surface area contributed by atoms with Gasteiger partial charge >= 0.3 is 0 Å². The number of β-amino-alcohol motifs (C(OH)–C–C–N with tert-alkyl or cyclic N) is 1. The Morgan fingerprint density at radius 2 is 1.89 bits per heavy atom. The molecule has 0 unspecified atom stereocenters. The van der Waals surface area contributed by atoms with Gasteiger partial charge in [0.15, 0.2) is 0 Å². The predicted octanol–water partition coefficient (Wildman–Crippen LogP) is 2.58. The molecule has 1 aromatic rings. The van der Waals surface area contributed by atoms with Gasteiger partial charge in [0.1, 0.15) is 0 Å². The van der Waals surface area contributed by atoms with Gasteiger partial charge in [-0.2, -0.15) is 0 Å². The molecular formula is C15H23ClN2O. The first-order valence-corrected chi connectivity index (χ1v) is 7.37.